The van der Waals surface area contributed by atoms with Crippen LogP contribution in [0.3, 0.4) is 0 Å². The van der Waals surface area contributed by atoms with E-state index in [0.29, 0.717) is 63.4 Å². The van der Waals surface area contributed by atoms with E-state index < -0.39 is 17.6 Å². The van der Waals surface area contributed by atoms with Crippen molar-refractivity contribution in [2.24, 2.45) is 0 Å². The van der Waals surface area contributed by atoms with Crippen molar-refractivity contribution < 1.29 is 28.2 Å². The Hall–Kier alpha value is -3.30. The van der Waals surface area contributed by atoms with Gasteiger partial charge < -0.3 is 19.3 Å². The lowest BCUT2D eigenvalue weighted by atomic mass is 9.96. The number of nitrogens with zero attached hydrogens (tertiary/aromatic N) is 3. The number of hydrogen-bond acceptors (Lipinski definition) is 5. The van der Waals surface area contributed by atoms with Gasteiger partial charge in [0.15, 0.2) is 0 Å². The van der Waals surface area contributed by atoms with Crippen molar-refractivity contribution in [3.05, 3.63) is 71.5 Å². The van der Waals surface area contributed by atoms with Gasteiger partial charge in [-0.1, -0.05) is 18.2 Å². The van der Waals surface area contributed by atoms with E-state index in [4.69, 9.17) is 9.47 Å². The molecular formula is C26H28FN3O5. The Morgan fingerprint density at radius 2 is 1.43 bits per heavy atom. The number of ether oxygens (including phenoxy) is 2. The van der Waals surface area contributed by atoms with Crippen molar-refractivity contribution >= 4 is 17.7 Å². The summed E-state index contributed by atoms with van der Waals surface area (Å²) < 4.78 is 24.9. The van der Waals surface area contributed by atoms with Crippen LogP contribution in [-0.2, 0) is 14.3 Å². The maximum atomic E-state index is 13.7. The lowest BCUT2D eigenvalue weighted by Gasteiger charge is -2.45. The smallest absolute Gasteiger partial charge is 0.256 e. The van der Waals surface area contributed by atoms with Gasteiger partial charge in [-0.25, -0.2) is 4.39 Å². The first-order valence-corrected chi connectivity index (χ1v) is 11.9. The van der Waals surface area contributed by atoms with Crippen LogP contribution in [-0.4, -0.2) is 90.2 Å². The first-order valence-electron chi connectivity index (χ1n) is 11.9. The van der Waals surface area contributed by atoms with E-state index in [1.165, 1.54) is 24.3 Å². The minimum absolute atomic E-state index is 0.112. The lowest BCUT2D eigenvalue weighted by molar-refractivity contribution is -0.141. The number of halogens is 1. The van der Waals surface area contributed by atoms with Crippen LogP contribution in [0, 0.1) is 5.82 Å². The molecule has 184 valence electrons. The molecule has 3 heterocycles. The van der Waals surface area contributed by atoms with Crippen LogP contribution in [0.5, 0.6) is 0 Å². The van der Waals surface area contributed by atoms with E-state index in [2.05, 4.69) is 0 Å². The largest absolute Gasteiger partial charge is 0.378 e. The van der Waals surface area contributed by atoms with E-state index in [1.807, 2.05) is 6.07 Å². The molecule has 0 saturated carbocycles. The molecule has 2 aromatic carbocycles. The molecule has 0 aliphatic carbocycles. The van der Waals surface area contributed by atoms with E-state index >= 15 is 0 Å². The highest BCUT2D eigenvalue weighted by Crippen LogP contribution is 2.39. The van der Waals surface area contributed by atoms with E-state index in [0.717, 1.165) is 0 Å². The average Bonchev–Trinajstić information content (AvgIpc) is 3.27. The fourth-order valence-corrected chi connectivity index (χ4v) is 5.10. The molecule has 3 aliphatic rings. The molecule has 35 heavy (non-hydrogen) atoms. The quantitative estimate of drug-likeness (QED) is 0.672. The molecule has 3 fully saturated rings. The summed E-state index contributed by atoms with van der Waals surface area (Å²) >= 11 is 0. The van der Waals surface area contributed by atoms with Gasteiger partial charge in [0.1, 0.15) is 17.6 Å². The van der Waals surface area contributed by atoms with Crippen LogP contribution in [0.1, 0.15) is 33.6 Å². The van der Waals surface area contributed by atoms with Gasteiger partial charge in [-0.15, -0.1) is 0 Å². The molecule has 5 rings (SSSR count). The van der Waals surface area contributed by atoms with Gasteiger partial charge >= 0.3 is 0 Å². The summed E-state index contributed by atoms with van der Waals surface area (Å²) in [7, 11) is 0. The normalized spacial score (nSPS) is 21.9. The Balaban J connectivity index is 1.38. The number of hydrogen-bond donors (Lipinski definition) is 0. The Kier molecular flexibility index (Phi) is 6.53. The third-order valence-electron chi connectivity index (χ3n) is 7.03. The number of carbonyl (C=O) groups is 3. The zero-order chi connectivity index (χ0) is 24.4. The maximum Gasteiger partial charge on any atom is 0.256 e. The molecule has 0 bridgehead atoms. The maximum absolute atomic E-state index is 13.7. The molecule has 0 unspecified atom stereocenters. The first kappa shape index (κ1) is 23.4. The van der Waals surface area contributed by atoms with Gasteiger partial charge in [-0.2, -0.15) is 0 Å². The van der Waals surface area contributed by atoms with Crippen molar-refractivity contribution in [2.45, 2.75) is 24.6 Å². The van der Waals surface area contributed by atoms with Gasteiger partial charge in [-0.3, -0.25) is 19.3 Å². The molecule has 3 aliphatic heterocycles. The van der Waals surface area contributed by atoms with Gasteiger partial charge in [-0.05, 0) is 36.4 Å². The topological polar surface area (TPSA) is 79.4 Å². The molecule has 8 nitrogen and oxygen atoms in total. The van der Waals surface area contributed by atoms with Crippen molar-refractivity contribution in [1.82, 2.24) is 14.7 Å². The van der Waals surface area contributed by atoms with E-state index in [9.17, 15) is 18.8 Å². The molecule has 0 radical (unpaired) electrons. The summed E-state index contributed by atoms with van der Waals surface area (Å²) in [5.41, 5.74) is -0.0756. The second-order valence-corrected chi connectivity index (χ2v) is 9.05. The van der Waals surface area contributed by atoms with Crippen molar-refractivity contribution in [2.75, 3.05) is 46.0 Å². The summed E-state index contributed by atoms with van der Waals surface area (Å²) in [6.45, 7) is 2.72. The minimum atomic E-state index is -0.973. The number of benzene rings is 2. The Bertz CT molecular complexity index is 1080. The van der Waals surface area contributed by atoms with Crippen LogP contribution < -0.4 is 0 Å². The zero-order valence-electron chi connectivity index (χ0n) is 19.4. The number of likely N-dealkylation sites (tertiary alicyclic amines) is 1. The molecule has 3 amide bonds. The Morgan fingerprint density at radius 1 is 0.800 bits per heavy atom. The van der Waals surface area contributed by atoms with E-state index in [-0.39, 0.29) is 24.3 Å². The van der Waals surface area contributed by atoms with Gasteiger partial charge in [0, 0.05) is 50.1 Å². The van der Waals surface area contributed by atoms with Crippen LogP contribution in [0.4, 0.5) is 4.39 Å². The van der Waals surface area contributed by atoms with E-state index in [1.54, 1.807) is 39.0 Å². The Labute approximate surface area is 203 Å². The number of piperidine rings is 1. The van der Waals surface area contributed by atoms with Crippen molar-refractivity contribution in [3.63, 3.8) is 0 Å². The summed E-state index contributed by atoms with van der Waals surface area (Å²) in [5, 5.41) is 0. The summed E-state index contributed by atoms with van der Waals surface area (Å²) in [4.78, 5) is 45.1. The summed E-state index contributed by atoms with van der Waals surface area (Å²) in [5.74, 6) is -0.989. The predicted octanol–water partition coefficient (Wildman–Crippen LogP) is 2.16. The highest BCUT2D eigenvalue weighted by atomic mass is 19.1. The van der Waals surface area contributed by atoms with Crippen LogP contribution in [0.15, 0.2) is 54.6 Å². The molecule has 9 heteroatoms. The average molecular weight is 482 g/mol. The van der Waals surface area contributed by atoms with Crippen molar-refractivity contribution in [1.29, 1.82) is 0 Å². The molecule has 0 aromatic heterocycles. The summed E-state index contributed by atoms with van der Waals surface area (Å²) in [6.07, 6.45) is 0.761. The summed E-state index contributed by atoms with van der Waals surface area (Å²) in [6, 6.07) is 13.6. The molecular weight excluding hydrogens is 453 g/mol. The SMILES string of the molecule is O=C(c1ccc(F)cc1)N1CCC2(CC1)OC[C@@H](C(=O)N1CCOCC1)N2C(=O)c1ccccc1. The fraction of sp³-hybridized carbons (Fsp3) is 0.423. The van der Waals surface area contributed by atoms with Crippen LogP contribution >= 0.6 is 0 Å². The molecule has 1 spiro atoms. The fourth-order valence-electron chi connectivity index (χ4n) is 5.10. The number of amides is 3. The standard InChI is InChI=1S/C26H28FN3O5/c27-21-8-6-20(7-9-21)23(31)28-12-10-26(11-13-28)30(24(32)19-4-2-1-3-5-19)22(18-35-26)25(33)29-14-16-34-17-15-29/h1-9,22H,10-18H2/t22-/m0/s1. The van der Waals surface area contributed by atoms with Gasteiger partial charge in [0.25, 0.3) is 11.8 Å². The minimum Gasteiger partial charge on any atom is -0.378 e. The molecule has 0 N–H and O–H groups in total. The number of carbonyl (C=O) groups excluding carboxylic acids is 3. The second kappa shape index (κ2) is 9.75. The molecule has 2 aromatic rings. The number of rotatable bonds is 3. The monoisotopic (exact) mass is 481 g/mol. The van der Waals surface area contributed by atoms with Crippen LogP contribution in [0.2, 0.25) is 0 Å². The highest BCUT2D eigenvalue weighted by molar-refractivity contribution is 5.98. The van der Waals surface area contributed by atoms with Crippen molar-refractivity contribution in [3.8, 4) is 0 Å². The molecule has 3 saturated heterocycles. The first-order chi connectivity index (χ1) is 17.0. The lowest BCUT2D eigenvalue weighted by Crippen LogP contribution is -2.60. The molecule has 1 atom stereocenters. The zero-order valence-corrected chi connectivity index (χ0v) is 19.4. The Morgan fingerprint density at radius 3 is 2.09 bits per heavy atom. The highest BCUT2D eigenvalue weighted by Gasteiger charge is 2.55. The predicted molar refractivity (Wildman–Crippen MR) is 124 cm³/mol. The third-order valence-corrected chi connectivity index (χ3v) is 7.03. The number of morpholine rings is 1. The second-order valence-electron chi connectivity index (χ2n) is 9.05. The van der Waals surface area contributed by atoms with Gasteiger partial charge in [0.2, 0.25) is 5.91 Å². The van der Waals surface area contributed by atoms with Crippen LogP contribution in [0.25, 0.3) is 0 Å². The van der Waals surface area contributed by atoms with Gasteiger partial charge in [0.05, 0.1) is 19.8 Å². The third kappa shape index (κ3) is 4.53.